The van der Waals surface area contributed by atoms with Gasteiger partial charge in [-0.1, -0.05) is 11.6 Å². The van der Waals surface area contributed by atoms with Crippen LogP contribution in [0.25, 0.3) is 0 Å². The molecule has 12 heavy (non-hydrogen) atoms. The van der Waals surface area contributed by atoms with Crippen LogP contribution < -0.4 is 5.73 Å². The van der Waals surface area contributed by atoms with E-state index in [1.165, 1.54) is 0 Å². The summed E-state index contributed by atoms with van der Waals surface area (Å²) in [5, 5.41) is 0.674. The van der Waals surface area contributed by atoms with Gasteiger partial charge >= 0.3 is 0 Å². The molecule has 0 fully saturated rings. The van der Waals surface area contributed by atoms with Crippen LogP contribution >= 0.6 is 11.6 Å². The van der Waals surface area contributed by atoms with Gasteiger partial charge < -0.3 is 10.6 Å². The highest BCUT2D eigenvalue weighted by Crippen LogP contribution is 2.15. The van der Waals surface area contributed by atoms with Gasteiger partial charge in [0.1, 0.15) is 5.66 Å². The van der Waals surface area contributed by atoms with Gasteiger partial charge in [-0.3, -0.25) is 4.79 Å². The molecule has 0 bridgehead atoms. The number of aldehydes is 1. The van der Waals surface area contributed by atoms with E-state index < -0.39 is 5.66 Å². The number of carbonyl (C=O) groups is 1. The second-order valence-electron chi connectivity index (χ2n) is 2.90. The maximum absolute atomic E-state index is 10.6. The first kappa shape index (κ1) is 9.29. The molecule has 1 aliphatic heterocycles. The molecule has 1 heterocycles. The van der Waals surface area contributed by atoms with Crippen LogP contribution in [-0.4, -0.2) is 23.4 Å². The second-order valence-corrected chi connectivity index (χ2v) is 3.34. The fraction of sp³-hybridized carbons (Fsp3) is 0.375. The zero-order valence-corrected chi connectivity index (χ0v) is 7.58. The van der Waals surface area contributed by atoms with Crippen molar-refractivity contribution in [2.45, 2.75) is 12.6 Å². The van der Waals surface area contributed by atoms with Gasteiger partial charge in [-0.15, -0.1) is 0 Å². The minimum atomic E-state index is -0.940. The van der Waals surface area contributed by atoms with Crippen LogP contribution in [-0.2, 0) is 4.79 Å². The Balaban J connectivity index is 2.70. The number of halogens is 1. The third-order valence-corrected chi connectivity index (χ3v) is 2.03. The lowest BCUT2D eigenvalue weighted by atomic mass is 10.2. The molecule has 0 amide bonds. The SMILES string of the molecule is C[C@](N)(C=O)N1C=CC(Cl)=CC1. The Morgan fingerprint density at radius 2 is 2.50 bits per heavy atom. The van der Waals surface area contributed by atoms with E-state index in [0.717, 1.165) is 0 Å². The molecule has 1 aliphatic rings. The molecule has 0 unspecified atom stereocenters. The number of allylic oxidation sites excluding steroid dienone is 2. The number of nitrogens with two attached hydrogens (primary N) is 1. The minimum Gasteiger partial charge on any atom is -0.350 e. The molecule has 1 atom stereocenters. The largest absolute Gasteiger partial charge is 0.350 e. The predicted octanol–water partition coefficient (Wildman–Crippen LogP) is 0.812. The maximum atomic E-state index is 10.6. The Bertz CT molecular complexity index is 245. The van der Waals surface area contributed by atoms with Crippen molar-refractivity contribution in [2.75, 3.05) is 6.54 Å². The molecule has 3 nitrogen and oxygen atoms in total. The molecule has 0 aromatic heterocycles. The fourth-order valence-electron chi connectivity index (χ4n) is 0.901. The number of rotatable bonds is 2. The molecule has 4 heteroatoms. The van der Waals surface area contributed by atoms with Gasteiger partial charge in [0.15, 0.2) is 6.29 Å². The standard InChI is InChI=1S/C8H11ClN2O/c1-8(10,6-12)11-4-2-7(9)3-5-11/h2-4,6H,5,10H2,1H3/t8-/m1/s1. The first-order valence-electron chi connectivity index (χ1n) is 3.62. The monoisotopic (exact) mass is 186 g/mol. The van der Waals surface area contributed by atoms with E-state index in [4.69, 9.17) is 17.3 Å². The second kappa shape index (κ2) is 3.29. The Morgan fingerprint density at radius 3 is 2.92 bits per heavy atom. The first-order valence-corrected chi connectivity index (χ1v) is 4.00. The fourth-order valence-corrected chi connectivity index (χ4v) is 1.03. The summed E-state index contributed by atoms with van der Waals surface area (Å²) in [5.41, 5.74) is 4.73. The molecule has 0 saturated carbocycles. The smallest absolute Gasteiger partial charge is 0.159 e. The van der Waals surface area contributed by atoms with Gasteiger partial charge in [0.05, 0.1) is 0 Å². The molecule has 66 valence electrons. The number of hydrogen-bond acceptors (Lipinski definition) is 3. The van der Waals surface area contributed by atoms with Crippen LogP contribution in [0, 0.1) is 0 Å². The molecule has 0 radical (unpaired) electrons. The van der Waals surface area contributed by atoms with Gasteiger partial charge in [0, 0.05) is 17.8 Å². The van der Waals surface area contributed by atoms with Crippen molar-refractivity contribution in [1.82, 2.24) is 4.90 Å². The highest BCUT2D eigenvalue weighted by Gasteiger charge is 2.24. The summed E-state index contributed by atoms with van der Waals surface area (Å²) in [7, 11) is 0. The molecule has 0 aromatic rings. The zero-order valence-electron chi connectivity index (χ0n) is 6.83. The normalized spacial score (nSPS) is 21.6. The average Bonchev–Trinajstić information content (AvgIpc) is 2.05. The minimum absolute atomic E-state index is 0.571. The van der Waals surface area contributed by atoms with Crippen molar-refractivity contribution in [3.63, 3.8) is 0 Å². The van der Waals surface area contributed by atoms with E-state index in [1.807, 2.05) is 0 Å². The van der Waals surface area contributed by atoms with Gasteiger partial charge in [-0.2, -0.15) is 0 Å². The molecule has 1 rings (SSSR count). The lowest BCUT2D eigenvalue weighted by Crippen LogP contribution is -2.53. The van der Waals surface area contributed by atoms with Crippen molar-refractivity contribution >= 4 is 17.9 Å². The maximum Gasteiger partial charge on any atom is 0.159 e. The first-order chi connectivity index (χ1) is 5.56. The van der Waals surface area contributed by atoms with E-state index in [0.29, 0.717) is 17.9 Å². The van der Waals surface area contributed by atoms with E-state index in [1.54, 1.807) is 30.2 Å². The third-order valence-electron chi connectivity index (χ3n) is 1.75. The van der Waals surface area contributed by atoms with Crippen LogP contribution in [0.4, 0.5) is 0 Å². The molecule has 0 aliphatic carbocycles. The average molecular weight is 187 g/mol. The van der Waals surface area contributed by atoms with Crippen LogP contribution in [0.2, 0.25) is 0 Å². The summed E-state index contributed by atoms with van der Waals surface area (Å²) in [5.74, 6) is 0. The summed E-state index contributed by atoms with van der Waals surface area (Å²) in [6.45, 7) is 2.22. The van der Waals surface area contributed by atoms with E-state index in [9.17, 15) is 4.79 Å². The summed E-state index contributed by atoms with van der Waals surface area (Å²) < 4.78 is 0. The molecule has 2 N–H and O–H groups in total. The lowest BCUT2D eigenvalue weighted by Gasteiger charge is -2.33. The number of carbonyl (C=O) groups excluding carboxylic acids is 1. The van der Waals surface area contributed by atoms with E-state index in [2.05, 4.69) is 0 Å². The zero-order chi connectivity index (χ0) is 9.19. The topological polar surface area (TPSA) is 46.3 Å². The van der Waals surface area contributed by atoms with Crippen LogP contribution in [0.15, 0.2) is 23.4 Å². The predicted molar refractivity (Wildman–Crippen MR) is 48.4 cm³/mol. The van der Waals surface area contributed by atoms with E-state index in [-0.39, 0.29) is 0 Å². The lowest BCUT2D eigenvalue weighted by molar-refractivity contribution is -0.115. The van der Waals surface area contributed by atoms with E-state index >= 15 is 0 Å². The Kier molecular flexibility index (Phi) is 2.55. The van der Waals surface area contributed by atoms with Crippen molar-refractivity contribution < 1.29 is 4.79 Å². The van der Waals surface area contributed by atoms with Crippen LogP contribution in [0.3, 0.4) is 0 Å². The van der Waals surface area contributed by atoms with Gasteiger partial charge in [-0.25, -0.2) is 0 Å². The van der Waals surface area contributed by atoms with Crippen LogP contribution in [0.1, 0.15) is 6.92 Å². The van der Waals surface area contributed by atoms with Gasteiger partial charge in [0.2, 0.25) is 0 Å². The van der Waals surface area contributed by atoms with Crippen molar-refractivity contribution in [3.8, 4) is 0 Å². The Labute approximate surface area is 76.5 Å². The number of hydrogen-bond donors (Lipinski definition) is 1. The highest BCUT2D eigenvalue weighted by atomic mass is 35.5. The molecule has 0 aromatic carbocycles. The summed E-state index contributed by atoms with van der Waals surface area (Å²) in [6.07, 6.45) is 5.94. The molecule has 0 spiro atoms. The number of nitrogens with zero attached hydrogens (tertiary/aromatic N) is 1. The van der Waals surface area contributed by atoms with Crippen molar-refractivity contribution in [1.29, 1.82) is 0 Å². The van der Waals surface area contributed by atoms with Crippen LogP contribution in [0.5, 0.6) is 0 Å². The summed E-state index contributed by atoms with van der Waals surface area (Å²) in [4.78, 5) is 12.3. The van der Waals surface area contributed by atoms with Crippen molar-refractivity contribution in [2.24, 2.45) is 5.73 Å². The van der Waals surface area contributed by atoms with Crippen molar-refractivity contribution in [3.05, 3.63) is 23.4 Å². The third kappa shape index (κ3) is 1.87. The Morgan fingerprint density at radius 1 is 1.83 bits per heavy atom. The summed E-state index contributed by atoms with van der Waals surface area (Å²) >= 11 is 5.69. The summed E-state index contributed by atoms with van der Waals surface area (Å²) in [6, 6.07) is 0. The molecular formula is C8H11ClN2O. The van der Waals surface area contributed by atoms with Gasteiger partial charge in [-0.05, 0) is 19.1 Å². The quantitative estimate of drug-likeness (QED) is 0.650. The Hall–Kier alpha value is -0.800. The van der Waals surface area contributed by atoms with Gasteiger partial charge in [0.25, 0.3) is 0 Å². The molecular weight excluding hydrogens is 176 g/mol. The molecule has 0 saturated heterocycles. The highest BCUT2D eigenvalue weighted by molar-refractivity contribution is 6.31.